The van der Waals surface area contributed by atoms with E-state index < -0.39 is 0 Å². The van der Waals surface area contributed by atoms with E-state index >= 15 is 0 Å². The van der Waals surface area contributed by atoms with Crippen LogP contribution in [0, 0.1) is 6.92 Å². The van der Waals surface area contributed by atoms with Gasteiger partial charge in [-0.3, -0.25) is 14.9 Å². The Morgan fingerprint density at radius 1 is 1.29 bits per heavy atom. The molecule has 112 valence electrons. The summed E-state index contributed by atoms with van der Waals surface area (Å²) in [5, 5.41) is 3.21. The van der Waals surface area contributed by atoms with Crippen LogP contribution in [0.3, 0.4) is 0 Å². The molecule has 0 radical (unpaired) electrons. The molecule has 3 rings (SSSR count). The second-order valence-corrected chi connectivity index (χ2v) is 6.23. The summed E-state index contributed by atoms with van der Waals surface area (Å²) in [4.78, 5) is 15.6. The molecule has 1 aliphatic heterocycles. The first kappa shape index (κ1) is 14.6. The SMILES string of the molecule is Cc1nccnc1CC[C@@H]1COCCN1Cc1nccs1. The van der Waals surface area contributed by atoms with Gasteiger partial charge in [-0.15, -0.1) is 11.3 Å². The normalized spacial score (nSPS) is 19.8. The van der Waals surface area contributed by atoms with Gasteiger partial charge in [0.05, 0.1) is 31.1 Å². The highest BCUT2D eigenvalue weighted by atomic mass is 32.1. The van der Waals surface area contributed by atoms with Crippen LogP contribution in [0.4, 0.5) is 0 Å². The number of morpholine rings is 1. The third-order valence-electron chi connectivity index (χ3n) is 3.87. The monoisotopic (exact) mass is 304 g/mol. The minimum absolute atomic E-state index is 0.434. The van der Waals surface area contributed by atoms with Crippen LogP contribution in [0.15, 0.2) is 24.0 Å². The molecule has 1 fully saturated rings. The number of rotatable bonds is 5. The number of hydrogen-bond donors (Lipinski definition) is 0. The molecule has 6 heteroatoms. The summed E-state index contributed by atoms with van der Waals surface area (Å²) in [6.07, 6.45) is 7.38. The van der Waals surface area contributed by atoms with Crippen molar-refractivity contribution in [3.05, 3.63) is 40.4 Å². The van der Waals surface area contributed by atoms with Crippen molar-refractivity contribution in [1.82, 2.24) is 19.9 Å². The van der Waals surface area contributed by atoms with Crippen LogP contribution in [0.1, 0.15) is 22.8 Å². The zero-order chi connectivity index (χ0) is 14.5. The Bertz CT molecular complexity index is 561. The van der Waals surface area contributed by atoms with Gasteiger partial charge in [-0.05, 0) is 19.8 Å². The summed E-state index contributed by atoms with van der Waals surface area (Å²) in [6.45, 7) is 5.53. The van der Waals surface area contributed by atoms with Crippen molar-refractivity contribution in [3.63, 3.8) is 0 Å². The van der Waals surface area contributed by atoms with Crippen LogP contribution in [-0.4, -0.2) is 45.7 Å². The number of thiazole rings is 1. The summed E-state index contributed by atoms with van der Waals surface area (Å²) in [5.41, 5.74) is 2.12. The summed E-state index contributed by atoms with van der Waals surface area (Å²) in [7, 11) is 0. The molecule has 1 atom stereocenters. The Kier molecular flexibility index (Phi) is 4.90. The number of aromatic nitrogens is 3. The van der Waals surface area contributed by atoms with Crippen molar-refractivity contribution in [1.29, 1.82) is 0 Å². The third-order valence-corrected chi connectivity index (χ3v) is 4.63. The zero-order valence-corrected chi connectivity index (χ0v) is 13.1. The van der Waals surface area contributed by atoms with Crippen LogP contribution in [0.5, 0.6) is 0 Å². The second kappa shape index (κ2) is 7.06. The van der Waals surface area contributed by atoms with Gasteiger partial charge in [0.1, 0.15) is 5.01 Å². The van der Waals surface area contributed by atoms with Gasteiger partial charge in [-0.2, -0.15) is 0 Å². The maximum absolute atomic E-state index is 5.66. The molecule has 2 aromatic heterocycles. The predicted molar refractivity (Wildman–Crippen MR) is 82.2 cm³/mol. The van der Waals surface area contributed by atoms with Gasteiger partial charge < -0.3 is 4.74 Å². The molecule has 0 N–H and O–H groups in total. The van der Waals surface area contributed by atoms with Gasteiger partial charge in [0.25, 0.3) is 0 Å². The standard InChI is InChI=1S/C15H20N4OS/c1-12-14(17-5-4-16-12)3-2-13-11-20-8-7-19(13)10-15-18-6-9-21-15/h4-6,9,13H,2-3,7-8,10-11H2,1H3/t13-/m1/s1. The molecule has 2 aromatic rings. The molecule has 21 heavy (non-hydrogen) atoms. The lowest BCUT2D eigenvalue weighted by atomic mass is 10.1. The Hall–Kier alpha value is -1.37. The molecule has 1 saturated heterocycles. The second-order valence-electron chi connectivity index (χ2n) is 5.25. The van der Waals surface area contributed by atoms with Crippen molar-refractivity contribution in [3.8, 4) is 0 Å². The minimum atomic E-state index is 0.434. The van der Waals surface area contributed by atoms with E-state index in [1.807, 2.05) is 18.5 Å². The Balaban J connectivity index is 1.60. The molecule has 0 unspecified atom stereocenters. The van der Waals surface area contributed by atoms with E-state index in [4.69, 9.17) is 4.74 Å². The molecule has 3 heterocycles. The van der Waals surface area contributed by atoms with Gasteiger partial charge in [0.15, 0.2) is 0 Å². The van der Waals surface area contributed by atoms with Crippen LogP contribution in [-0.2, 0) is 17.7 Å². The molecule has 0 bridgehead atoms. The van der Waals surface area contributed by atoms with Crippen LogP contribution >= 0.6 is 11.3 Å². The smallest absolute Gasteiger partial charge is 0.107 e. The zero-order valence-electron chi connectivity index (χ0n) is 12.2. The fourth-order valence-corrected chi connectivity index (χ4v) is 3.29. The lowest BCUT2D eigenvalue weighted by Gasteiger charge is -2.35. The van der Waals surface area contributed by atoms with Gasteiger partial charge >= 0.3 is 0 Å². The largest absolute Gasteiger partial charge is 0.378 e. The average molecular weight is 304 g/mol. The minimum Gasteiger partial charge on any atom is -0.378 e. The van der Waals surface area contributed by atoms with E-state index in [2.05, 4.69) is 19.9 Å². The number of hydrogen-bond acceptors (Lipinski definition) is 6. The topological polar surface area (TPSA) is 51.1 Å². The Morgan fingerprint density at radius 3 is 3.00 bits per heavy atom. The fourth-order valence-electron chi connectivity index (χ4n) is 2.65. The fraction of sp³-hybridized carbons (Fsp3) is 0.533. The summed E-state index contributed by atoms with van der Waals surface area (Å²) in [6, 6.07) is 0.434. The van der Waals surface area contributed by atoms with Crippen LogP contribution < -0.4 is 0 Å². The van der Waals surface area contributed by atoms with E-state index in [9.17, 15) is 0 Å². The first-order valence-corrected chi connectivity index (χ1v) is 8.17. The number of aryl methyl sites for hydroxylation is 2. The van der Waals surface area contributed by atoms with Crippen LogP contribution in [0.2, 0.25) is 0 Å². The predicted octanol–water partition coefficient (Wildman–Crippen LogP) is 2.08. The first-order valence-electron chi connectivity index (χ1n) is 7.29. The number of nitrogens with zero attached hydrogens (tertiary/aromatic N) is 4. The molecule has 0 spiro atoms. The Morgan fingerprint density at radius 2 is 2.19 bits per heavy atom. The highest BCUT2D eigenvalue weighted by Gasteiger charge is 2.23. The van der Waals surface area contributed by atoms with Crippen molar-refractivity contribution in [2.24, 2.45) is 0 Å². The maximum atomic E-state index is 5.66. The van der Waals surface area contributed by atoms with E-state index in [1.54, 1.807) is 23.7 Å². The maximum Gasteiger partial charge on any atom is 0.107 e. The molecule has 1 aliphatic rings. The van der Waals surface area contributed by atoms with Gasteiger partial charge in [-0.1, -0.05) is 0 Å². The summed E-state index contributed by atoms with van der Waals surface area (Å²) < 4.78 is 5.66. The molecular weight excluding hydrogens is 284 g/mol. The van der Waals surface area contributed by atoms with Crippen LogP contribution in [0.25, 0.3) is 0 Å². The van der Waals surface area contributed by atoms with Crippen molar-refractivity contribution >= 4 is 11.3 Å². The molecule has 0 aliphatic carbocycles. The lowest BCUT2D eigenvalue weighted by molar-refractivity contribution is -0.0144. The summed E-state index contributed by atoms with van der Waals surface area (Å²) in [5.74, 6) is 0. The van der Waals surface area contributed by atoms with Crippen molar-refractivity contribution in [2.75, 3.05) is 19.8 Å². The lowest BCUT2D eigenvalue weighted by Crippen LogP contribution is -2.45. The quantitative estimate of drug-likeness (QED) is 0.846. The van der Waals surface area contributed by atoms with Gasteiger partial charge in [-0.25, -0.2) is 4.98 Å². The molecule has 0 saturated carbocycles. The molecular formula is C15H20N4OS. The first-order chi connectivity index (χ1) is 10.3. The van der Waals surface area contributed by atoms with Crippen molar-refractivity contribution in [2.45, 2.75) is 32.4 Å². The molecule has 0 aromatic carbocycles. The average Bonchev–Trinajstić information content (AvgIpc) is 3.01. The molecule has 5 nitrogen and oxygen atoms in total. The van der Waals surface area contributed by atoms with E-state index in [0.717, 1.165) is 50.5 Å². The number of ether oxygens (including phenoxy) is 1. The van der Waals surface area contributed by atoms with Gasteiger partial charge in [0.2, 0.25) is 0 Å². The molecule has 0 amide bonds. The highest BCUT2D eigenvalue weighted by molar-refractivity contribution is 7.09. The van der Waals surface area contributed by atoms with Gasteiger partial charge in [0, 0.05) is 36.6 Å². The Labute approximate surface area is 129 Å². The highest BCUT2D eigenvalue weighted by Crippen LogP contribution is 2.18. The summed E-state index contributed by atoms with van der Waals surface area (Å²) >= 11 is 1.72. The van der Waals surface area contributed by atoms with Crippen molar-refractivity contribution < 1.29 is 4.74 Å². The third kappa shape index (κ3) is 3.84. The van der Waals surface area contributed by atoms with E-state index in [-0.39, 0.29) is 0 Å². The van der Waals surface area contributed by atoms with E-state index in [0.29, 0.717) is 6.04 Å². The van der Waals surface area contributed by atoms with E-state index in [1.165, 1.54) is 5.01 Å².